The lowest BCUT2D eigenvalue weighted by atomic mass is 9.83. The maximum Gasteiger partial charge on any atom is 0.138 e. The van der Waals surface area contributed by atoms with Crippen LogP contribution in [0.5, 0.6) is 0 Å². The molecule has 1 fully saturated rings. The largest absolute Gasteiger partial charge is 0.314 e. The van der Waals surface area contributed by atoms with Gasteiger partial charge in [-0.2, -0.15) is 5.10 Å². The van der Waals surface area contributed by atoms with Crippen LogP contribution in [0, 0.1) is 5.92 Å². The van der Waals surface area contributed by atoms with E-state index in [0.717, 1.165) is 37.9 Å². The predicted molar refractivity (Wildman–Crippen MR) is 73.4 cm³/mol. The van der Waals surface area contributed by atoms with Crippen molar-refractivity contribution in [3.05, 3.63) is 12.2 Å². The second kappa shape index (κ2) is 6.88. The summed E-state index contributed by atoms with van der Waals surface area (Å²) in [6.07, 6.45) is 9.27. The SMILES string of the molecule is CCCn1ncnc1CC1CCCC(NCC)C1. The minimum Gasteiger partial charge on any atom is -0.314 e. The van der Waals surface area contributed by atoms with Gasteiger partial charge in [0, 0.05) is 19.0 Å². The average molecular weight is 250 g/mol. The van der Waals surface area contributed by atoms with Crippen molar-refractivity contribution in [3.63, 3.8) is 0 Å². The highest BCUT2D eigenvalue weighted by molar-refractivity contribution is 4.90. The third-order valence-corrected chi connectivity index (χ3v) is 3.88. The Morgan fingerprint density at radius 3 is 3.06 bits per heavy atom. The van der Waals surface area contributed by atoms with Gasteiger partial charge in [-0.3, -0.25) is 4.68 Å². The fraction of sp³-hybridized carbons (Fsp3) is 0.857. The van der Waals surface area contributed by atoms with E-state index < -0.39 is 0 Å². The molecule has 0 radical (unpaired) electrons. The summed E-state index contributed by atoms with van der Waals surface area (Å²) in [5.74, 6) is 1.96. The topological polar surface area (TPSA) is 42.7 Å². The summed E-state index contributed by atoms with van der Waals surface area (Å²) < 4.78 is 2.08. The highest BCUT2D eigenvalue weighted by Crippen LogP contribution is 2.26. The number of aryl methyl sites for hydroxylation is 1. The standard InChI is InChI=1S/C14H26N4/c1-3-8-18-14(16-11-17-18)10-12-6-5-7-13(9-12)15-4-2/h11-13,15H,3-10H2,1-2H3. The molecule has 0 aliphatic heterocycles. The van der Waals surface area contributed by atoms with Crippen molar-refractivity contribution in [2.75, 3.05) is 6.54 Å². The number of nitrogens with one attached hydrogen (secondary N) is 1. The van der Waals surface area contributed by atoms with Gasteiger partial charge in [0.25, 0.3) is 0 Å². The van der Waals surface area contributed by atoms with Gasteiger partial charge in [0.15, 0.2) is 0 Å². The Bertz CT molecular complexity index is 345. The first kappa shape index (κ1) is 13.5. The highest BCUT2D eigenvalue weighted by Gasteiger charge is 2.22. The van der Waals surface area contributed by atoms with E-state index in [1.165, 1.54) is 31.5 Å². The van der Waals surface area contributed by atoms with Gasteiger partial charge in [0.05, 0.1) is 0 Å². The minimum absolute atomic E-state index is 0.719. The quantitative estimate of drug-likeness (QED) is 0.843. The molecule has 0 bridgehead atoms. The first-order chi connectivity index (χ1) is 8.83. The Labute approximate surface area is 110 Å². The maximum absolute atomic E-state index is 4.43. The Morgan fingerprint density at radius 2 is 2.28 bits per heavy atom. The summed E-state index contributed by atoms with van der Waals surface area (Å²) in [5, 5.41) is 7.91. The van der Waals surface area contributed by atoms with Gasteiger partial charge in [0.2, 0.25) is 0 Å². The molecule has 102 valence electrons. The molecule has 4 nitrogen and oxygen atoms in total. The monoisotopic (exact) mass is 250 g/mol. The summed E-state index contributed by atoms with van der Waals surface area (Å²) in [6.45, 7) is 6.47. The summed E-state index contributed by atoms with van der Waals surface area (Å²) in [5.41, 5.74) is 0. The molecule has 2 rings (SSSR count). The molecule has 1 saturated carbocycles. The van der Waals surface area contributed by atoms with Crippen molar-refractivity contribution in [1.82, 2.24) is 20.1 Å². The van der Waals surface area contributed by atoms with E-state index in [9.17, 15) is 0 Å². The number of aromatic nitrogens is 3. The van der Waals surface area contributed by atoms with Crippen LogP contribution in [0.1, 0.15) is 51.8 Å². The Hall–Kier alpha value is -0.900. The molecular weight excluding hydrogens is 224 g/mol. The minimum atomic E-state index is 0.719. The molecule has 18 heavy (non-hydrogen) atoms. The highest BCUT2D eigenvalue weighted by atomic mass is 15.3. The van der Waals surface area contributed by atoms with Gasteiger partial charge >= 0.3 is 0 Å². The van der Waals surface area contributed by atoms with E-state index in [0.29, 0.717) is 0 Å². The van der Waals surface area contributed by atoms with Crippen LogP contribution in [0.15, 0.2) is 6.33 Å². The van der Waals surface area contributed by atoms with E-state index >= 15 is 0 Å². The van der Waals surface area contributed by atoms with Crippen molar-refractivity contribution in [1.29, 1.82) is 0 Å². The fourth-order valence-corrected chi connectivity index (χ4v) is 3.05. The molecule has 1 aromatic heterocycles. The number of rotatable bonds is 6. The zero-order chi connectivity index (χ0) is 12.8. The van der Waals surface area contributed by atoms with E-state index in [1.54, 1.807) is 6.33 Å². The normalized spacial score (nSPS) is 24.3. The fourth-order valence-electron chi connectivity index (χ4n) is 3.05. The molecule has 4 heteroatoms. The third kappa shape index (κ3) is 3.55. The zero-order valence-corrected chi connectivity index (χ0v) is 11.7. The lowest BCUT2D eigenvalue weighted by Crippen LogP contribution is -2.34. The Kier molecular flexibility index (Phi) is 5.17. The number of nitrogens with zero attached hydrogens (tertiary/aromatic N) is 3. The summed E-state index contributed by atoms with van der Waals surface area (Å²) >= 11 is 0. The second-order valence-electron chi connectivity index (χ2n) is 5.39. The van der Waals surface area contributed by atoms with Crippen molar-refractivity contribution < 1.29 is 0 Å². The van der Waals surface area contributed by atoms with E-state index in [1.807, 2.05) is 0 Å². The molecule has 1 N–H and O–H groups in total. The Balaban J connectivity index is 1.89. The molecule has 1 heterocycles. The van der Waals surface area contributed by atoms with Crippen molar-refractivity contribution in [2.45, 2.75) is 65.0 Å². The van der Waals surface area contributed by atoms with Crippen LogP contribution in [0.2, 0.25) is 0 Å². The second-order valence-corrected chi connectivity index (χ2v) is 5.39. The van der Waals surface area contributed by atoms with Gasteiger partial charge in [-0.1, -0.05) is 20.3 Å². The van der Waals surface area contributed by atoms with Crippen molar-refractivity contribution >= 4 is 0 Å². The molecule has 1 aliphatic carbocycles. The van der Waals surface area contributed by atoms with E-state index in [4.69, 9.17) is 0 Å². The first-order valence-corrected chi connectivity index (χ1v) is 7.43. The third-order valence-electron chi connectivity index (χ3n) is 3.88. The van der Waals surface area contributed by atoms with Crippen LogP contribution in [0.4, 0.5) is 0 Å². The van der Waals surface area contributed by atoms with E-state index in [-0.39, 0.29) is 0 Å². The van der Waals surface area contributed by atoms with Gasteiger partial charge in [-0.15, -0.1) is 0 Å². The molecular formula is C14H26N4. The molecule has 1 aliphatic rings. The molecule has 0 aromatic carbocycles. The van der Waals surface area contributed by atoms with Gasteiger partial charge in [0.1, 0.15) is 12.2 Å². The van der Waals surface area contributed by atoms with Crippen LogP contribution >= 0.6 is 0 Å². The maximum atomic E-state index is 4.43. The molecule has 0 spiro atoms. The van der Waals surface area contributed by atoms with Crippen LogP contribution < -0.4 is 5.32 Å². The summed E-state index contributed by atoms with van der Waals surface area (Å²) in [7, 11) is 0. The molecule has 0 amide bonds. The average Bonchev–Trinajstić information content (AvgIpc) is 2.78. The van der Waals surface area contributed by atoms with Gasteiger partial charge in [-0.25, -0.2) is 4.98 Å². The van der Waals surface area contributed by atoms with E-state index in [2.05, 4.69) is 33.9 Å². The lowest BCUT2D eigenvalue weighted by Gasteiger charge is -2.29. The smallest absolute Gasteiger partial charge is 0.138 e. The van der Waals surface area contributed by atoms with Crippen molar-refractivity contribution in [3.8, 4) is 0 Å². The molecule has 2 unspecified atom stereocenters. The van der Waals surface area contributed by atoms with Gasteiger partial charge < -0.3 is 5.32 Å². The van der Waals surface area contributed by atoms with Crippen LogP contribution in [-0.2, 0) is 13.0 Å². The van der Waals surface area contributed by atoms with Gasteiger partial charge in [-0.05, 0) is 38.1 Å². The van der Waals surface area contributed by atoms with Crippen LogP contribution in [-0.4, -0.2) is 27.4 Å². The predicted octanol–water partition coefficient (Wildman–Crippen LogP) is 2.40. The number of hydrogen-bond donors (Lipinski definition) is 1. The van der Waals surface area contributed by atoms with Crippen LogP contribution in [0.3, 0.4) is 0 Å². The zero-order valence-electron chi connectivity index (χ0n) is 11.7. The Morgan fingerprint density at radius 1 is 1.39 bits per heavy atom. The summed E-state index contributed by atoms with van der Waals surface area (Å²) in [6, 6.07) is 0.719. The van der Waals surface area contributed by atoms with Crippen molar-refractivity contribution in [2.24, 2.45) is 5.92 Å². The molecule has 0 saturated heterocycles. The molecule has 2 atom stereocenters. The first-order valence-electron chi connectivity index (χ1n) is 7.43. The number of hydrogen-bond acceptors (Lipinski definition) is 3. The van der Waals surface area contributed by atoms with Crippen LogP contribution in [0.25, 0.3) is 0 Å². The molecule has 1 aromatic rings. The summed E-state index contributed by atoms with van der Waals surface area (Å²) in [4.78, 5) is 4.43. The lowest BCUT2D eigenvalue weighted by molar-refractivity contribution is 0.281.